The normalized spacial score (nSPS) is 24.3. The van der Waals surface area contributed by atoms with Crippen LogP contribution >= 0.6 is 11.3 Å². The molecule has 0 radical (unpaired) electrons. The Morgan fingerprint density at radius 2 is 2.33 bits per heavy atom. The zero-order valence-corrected chi connectivity index (χ0v) is 12.0. The lowest BCUT2D eigenvalue weighted by atomic mass is 10.1. The predicted molar refractivity (Wildman–Crippen MR) is 73.5 cm³/mol. The lowest BCUT2D eigenvalue weighted by Crippen LogP contribution is -2.33. The lowest BCUT2D eigenvalue weighted by Gasteiger charge is -2.25. The van der Waals surface area contributed by atoms with Crippen LogP contribution in [0.3, 0.4) is 0 Å². The van der Waals surface area contributed by atoms with Gasteiger partial charge >= 0.3 is 0 Å². The number of nitrogens with zero attached hydrogens (tertiary/aromatic N) is 2. The van der Waals surface area contributed by atoms with Crippen molar-refractivity contribution in [3.05, 3.63) is 16.1 Å². The van der Waals surface area contributed by atoms with Crippen LogP contribution in [0.25, 0.3) is 0 Å². The third-order valence-electron chi connectivity index (χ3n) is 3.27. The number of amides is 1. The number of carbonyl (C=O) groups is 1. The van der Waals surface area contributed by atoms with Gasteiger partial charge in [-0.2, -0.15) is 0 Å². The highest BCUT2D eigenvalue weighted by Crippen LogP contribution is 2.33. The maximum atomic E-state index is 11.9. The molecule has 2 heterocycles. The fraction of sp³-hybridized carbons (Fsp3) is 0.692. The number of nitrogens with two attached hydrogens (primary N) is 1. The quantitative estimate of drug-likeness (QED) is 0.910. The molecule has 0 bridgehead atoms. The van der Waals surface area contributed by atoms with Crippen LogP contribution in [0.4, 0.5) is 0 Å². The van der Waals surface area contributed by atoms with Gasteiger partial charge in [0.15, 0.2) is 0 Å². The second-order valence-corrected chi connectivity index (χ2v) is 6.05. The monoisotopic (exact) mass is 267 g/mol. The van der Waals surface area contributed by atoms with Gasteiger partial charge in [-0.05, 0) is 6.42 Å². The summed E-state index contributed by atoms with van der Waals surface area (Å²) in [6.07, 6.45) is 1.40. The third kappa shape index (κ3) is 2.42. The smallest absolute Gasteiger partial charge is 0.224 e. The Morgan fingerprint density at radius 1 is 1.61 bits per heavy atom. The first kappa shape index (κ1) is 13.5. The van der Waals surface area contributed by atoms with Crippen LogP contribution in [0.1, 0.15) is 56.3 Å². The summed E-state index contributed by atoms with van der Waals surface area (Å²) in [7, 11) is 0. The van der Waals surface area contributed by atoms with Gasteiger partial charge in [-0.15, -0.1) is 11.3 Å². The van der Waals surface area contributed by atoms with E-state index in [1.54, 1.807) is 11.3 Å². The molecular weight excluding hydrogens is 246 g/mol. The molecule has 100 valence electrons. The van der Waals surface area contributed by atoms with Crippen LogP contribution in [0.15, 0.2) is 5.38 Å². The van der Waals surface area contributed by atoms with Gasteiger partial charge in [-0.3, -0.25) is 4.79 Å². The number of aromatic nitrogens is 1. The number of thiazole rings is 1. The van der Waals surface area contributed by atoms with E-state index in [4.69, 9.17) is 5.73 Å². The van der Waals surface area contributed by atoms with E-state index in [-0.39, 0.29) is 18.0 Å². The Labute approximate surface area is 112 Å². The van der Waals surface area contributed by atoms with Crippen molar-refractivity contribution < 1.29 is 4.79 Å². The molecular formula is C13H21N3OS. The van der Waals surface area contributed by atoms with Gasteiger partial charge in [-0.1, -0.05) is 20.8 Å². The molecule has 2 atom stereocenters. The van der Waals surface area contributed by atoms with Gasteiger partial charge in [-0.25, -0.2) is 4.98 Å². The average Bonchev–Trinajstić information content (AvgIpc) is 2.86. The zero-order valence-electron chi connectivity index (χ0n) is 11.2. The third-order valence-corrected chi connectivity index (χ3v) is 4.44. The molecule has 1 aliphatic heterocycles. The Kier molecular flexibility index (Phi) is 4.02. The van der Waals surface area contributed by atoms with Gasteiger partial charge in [0.2, 0.25) is 5.91 Å². The Bertz CT molecular complexity index is 430. The zero-order chi connectivity index (χ0) is 13.3. The number of hydrogen-bond donors (Lipinski definition) is 1. The van der Waals surface area contributed by atoms with Gasteiger partial charge in [0.1, 0.15) is 0 Å². The predicted octanol–water partition coefficient (Wildman–Crippen LogP) is 2.28. The van der Waals surface area contributed by atoms with Crippen molar-refractivity contribution in [1.82, 2.24) is 9.88 Å². The standard InChI is InChI=1S/C13H21N3OS/c1-4-5-16-11(17)6-9(14)12(16)10-7-18-13(15-10)8(2)3/h7-9,12H,4-6,14H2,1-3H3/t9-,12-/m0/s1. The second kappa shape index (κ2) is 5.36. The highest BCUT2D eigenvalue weighted by Gasteiger charge is 2.39. The van der Waals surface area contributed by atoms with E-state index in [0.29, 0.717) is 12.3 Å². The molecule has 0 aromatic carbocycles. The topological polar surface area (TPSA) is 59.2 Å². The summed E-state index contributed by atoms with van der Waals surface area (Å²) in [5, 5.41) is 3.18. The summed E-state index contributed by atoms with van der Waals surface area (Å²) < 4.78 is 0. The molecule has 4 nitrogen and oxygen atoms in total. The van der Waals surface area contributed by atoms with E-state index in [2.05, 4.69) is 31.1 Å². The molecule has 1 aromatic rings. The van der Waals surface area contributed by atoms with E-state index in [1.165, 1.54) is 0 Å². The van der Waals surface area contributed by atoms with Crippen molar-refractivity contribution in [3.8, 4) is 0 Å². The van der Waals surface area contributed by atoms with Crippen LogP contribution in [-0.2, 0) is 4.79 Å². The summed E-state index contributed by atoms with van der Waals surface area (Å²) in [4.78, 5) is 18.5. The van der Waals surface area contributed by atoms with Gasteiger partial charge in [0, 0.05) is 30.3 Å². The van der Waals surface area contributed by atoms with Crippen molar-refractivity contribution in [2.24, 2.45) is 5.73 Å². The van der Waals surface area contributed by atoms with E-state index < -0.39 is 0 Å². The largest absolute Gasteiger partial charge is 0.332 e. The molecule has 5 heteroatoms. The molecule has 1 amide bonds. The number of carbonyl (C=O) groups excluding carboxylic acids is 1. The molecule has 1 aromatic heterocycles. The molecule has 0 spiro atoms. The summed E-state index contributed by atoms with van der Waals surface area (Å²) in [5.41, 5.74) is 7.08. The summed E-state index contributed by atoms with van der Waals surface area (Å²) in [6, 6.07) is -0.146. The van der Waals surface area contributed by atoms with Gasteiger partial charge in [0.05, 0.1) is 16.7 Å². The van der Waals surface area contributed by atoms with Crippen LogP contribution in [-0.4, -0.2) is 28.4 Å². The minimum absolute atomic E-state index is 0.0267. The van der Waals surface area contributed by atoms with E-state index in [1.807, 2.05) is 4.90 Å². The van der Waals surface area contributed by atoms with Crippen LogP contribution in [0.5, 0.6) is 0 Å². The van der Waals surface area contributed by atoms with Crippen molar-refractivity contribution in [2.75, 3.05) is 6.54 Å². The second-order valence-electron chi connectivity index (χ2n) is 5.17. The van der Waals surface area contributed by atoms with Crippen LogP contribution < -0.4 is 5.73 Å². The molecule has 1 saturated heterocycles. The first-order chi connectivity index (χ1) is 8.54. The van der Waals surface area contributed by atoms with E-state index >= 15 is 0 Å². The molecule has 18 heavy (non-hydrogen) atoms. The van der Waals surface area contributed by atoms with E-state index in [9.17, 15) is 4.79 Å². The Balaban J connectivity index is 2.25. The summed E-state index contributed by atoms with van der Waals surface area (Å²) in [5.74, 6) is 0.588. The number of rotatable bonds is 4. The maximum absolute atomic E-state index is 11.9. The van der Waals surface area contributed by atoms with Crippen molar-refractivity contribution in [3.63, 3.8) is 0 Å². The minimum Gasteiger partial charge on any atom is -0.332 e. The molecule has 1 fully saturated rings. The van der Waals surface area contributed by atoms with Gasteiger partial charge < -0.3 is 10.6 Å². The molecule has 1 aliphatic rings. The average molecular weight is 267 g/mol. The highest BCUT2D eigenvalue weighted by atomic mass is 32.1. The summed E-state index contributed by atoms with van der Waals surface area (Å²) >= 11 is 1.66. The maximum Gasteiger partial charge on any atom is 0.224 e. The molecule has 0 unspecified atom stereocenters. The molecule has 0 saturated carbocycles. The van der Waals surface area contributed by atoms with E-state index in [0.717, 1.165) is 23.7 Å². The lowest BCUT2D eigenvalue weighted by molar-refractivity contribution is -0.129. The summed E-state index contributed by atoms with van der Waals surface area (Å²) in [6.45, 7) is 7.11. The molecule has 0 aliphatic carbocycles. The van der Waals surface area contributed by atoms with Gasteiger partial charge in [0.25, 0.3) is 0 Å². The number of hydrogen-bond acceptors (Lipinski definition) is 4. The van der Waals surface area contributed by atoms with Crippen molar-refractivity contribution in [1.29, 1.82) is 0 Å². The molecule has 2 N–H and O–H groups in total. The fourth-order valence-corrected chi connectivity index (χ4v) is 3.27. The minimum atomic E-state index is -0.119. The fourth-order valence-electron chi connectivity index (χ4n) is 2.40. The Morgan fingerprint density at radius 3 is 2.89 bits per heavy atom. The SMILES string of the molecule is CCCN1C(=O)C[C@H](N)[C@H]1c1csc(C(C)C)n1. The first-order valence-electron chi connectivity index (χ1n) is 6.55. The Hall–Kier alpha value is -0.940. The highest BCUT2D eigenvalue weighted by molar-refractivity contribution is 7.09. The van der Waals surface area contributed by atoms with Crippen LogP contribution in [0, 0.1) is 0 Å². The van der Waals surface area contributed by atoms with Crippen molar-refractivity contribution in [2.45, 2.75) is 51.6 Å². The molecule has 2 rings (SSSR count). The van der Waals surface area contributed by atoms with Crippen molar-refractivity contribution >= 4 is 17.2 Å². The first-order valence-corrected chi connectivity index (χ1v) is 7.43. The number of likely N-dealkylation sites (tertiary alicyclic amines) is 1. The van der Waals surface area contributed by atoms with Crippen LogP contribution in [0.2, 0.25) is 0 Å².